The molecule has 0 saturated heterocycles. The number of furan rings is 1. The fourth-order valence-electron chi connectivity index (χ4n) is 2.08. The minimum Gasteiger partial charge on any atom is -0.469 e. The van der Waals surface area contributed by atoms with Crippen LogP contribution in [0.15, 0.2) is 52.1 Å². The van der Waals surface area contributed by atoms with Crippen LogP contribution in [0.1, 0.15) is 11.3 Å². The Labute approximate surface area is 130 Å². The van der Waals surface area contributed by atoms with Gasteiger partial charge in [0.1, 0.15) is 5.76 Å². The topological polar surface area (TPSA) is 40.8 Å². The largest absolute Gasteiger partial charge is 0.469 e. The van der Waals surface area contributed by atoms with Gasteiger partial charge in [-0.1, -0.05) is 23.7 Å². The fraction of sp³-hybridized carbons (Fsp3) is 0.312. The van der Waals surface area contributed by atoms with Gasteiger partial charge in [-0.25, -0.2) is 0 Å². The van der Waals surface area contributed by atoms with E-state index >= 15 is 0 Å². The highest BCUT2D eigenvalue weighted by molar-refractivity contribution is 6.30. The van der Waals surface area contributed by atoms with Crippen LogP contribution in [0.5, 0.6) is 0 Å². The number of benzene rings is 1. The maximum atomic E-state index is 5.90. The highest BCUT2D eigenvalue weighted by Crippen LogP contribution is 2.11. The summed E-state index contributed by atoms with van der Waals surface area (Å²) in [6.45, 7) is 1.56. The summed E-state index contributed by atoms with van der Waals surface area (Å²) in [6, 6.07) is 11.7. The molecule has 0 bridgehead atoms. The predicted octanol–water partition coefficient (Wildman–Crippen LogP) is 3.18. The Bertz CT molecular complexity index is 564. The summed E-state index contributed by atoms with van der Waals surface area (Å²) in [5.74, 6) is 1.83. The third kappa shape index (κ3) is 4.83. The zero-order valence-electron chi connectivity index (χ0n) is 12.3. The van der Waals surface area contributed by atoms with Gasteiger partial charge in [-0.15, -0.1) is 0 Å². The first-order chi connectivity index (χ1) is 10.2. The van der Waals surface area contributed by atoms with Gasteiger partial charge < -0.3 is 14.6 Å². The van der Waals surface area contributed by atoms with Crippen LogP contribution < -0.4 is 5.32 Å². The molecule has 1 N–H and O–H groups in total. The van der Waals surface area contributed by atoms with Gasteiger partial charge in [0.05, 0.1) is 6.26 Å². The summed E-state index contributed by atoms with van der Waals surface area (Å²) in [5.41, 5.74) is 1.19. The van der Waals surface area contributed by atoms with Crippen molar-refractivity contribution >= 4 is 17.6 Å². The Morgan fingerprint density at radius 2 is 2.05 bits per heavy atom. The Hall–Kier alpha value is -1.94. The van der Waals surface area contributed by atoms with Gasteiger partial charge >= 0.3 is 0 Å². The normalized spacial score (nSPS) is 11.5. The number of nitrogens with zero attached hydrogens (tertiary/aromatic N) is 2. The van der Waals surface area contributed by atoms with Crippen molar-refractivity contribution in [3.63, 3.8) is 0 Å². The van der Waals surface area contributed by atoms with Gasteiger partial charge in [0.25, 0.3) is 0 Å². The van der Waals surface area contributed by atoms with Crippen molar-refractivity contribution in [3.05, 3.63) is 59.0 Å². The first-order valence-electron chi connectivity index (χ1n) is 6.87. The smallest absolute Gasteiger partial charge is 0.193 e. The van der Waals surface area contributed by atoms with E-state index < -0.39 is 0 Å². The summed E-state index contributed by atoms with van der Waals surface area (Å²) < 4.78 is 5.31. The van der Waals surface area contributed by atoms with E-state index in [2.05, 4.69) is 15.2 Å². The quantitative estimate of drug-likeness (QED) is 0.681. The first-order valence-corrected chi connectivity index (χ1v) is 7.25. The fourth-order valence-corrected chi connectivity index (χ4v) is 2.20. The molecule has 0 aliphatic heterocycles. The van der Waals surface area contributed by atoms with Crippen LogP contribution in [0.25, 0.3) is 0 Å². The highest BCUT2D eigenvalue weighted by Gasteiger charge is 2.06. The third-order valence-electron chi connectivity index (χ3n) is 3.14. The van der Waals surface area contributed by atoms with E-state index in [1.165, 1.54) is 5.56 Å². The number of aliphatic imine (C=N–C) groups is 1. The van der Waals surface area contributed by atoms with Crippen molar-refractivity contribution < 1.29 is 4.42 Å². The molecule has 0 amide bonds. The van der Waals surface area contributed by atoms with Crippen LogP contribution in [-0.4, -0.2) is 31.5 Å². The second-order valence-corrected chi connectivity index (χ2v) is 5.22. The lowest BCUT2D eigenvalue weighted by atomic mass is 10.2. The molecule has 0 radical (unpaired) electrons. The SMILES string of the molecule is CN=C(NCCc1ccco1)N(C)Cc1ccc(Cl)cc1. The zero-order valence-corrected chi connectivity index (χ0v) is 13.1. The molecule has 5 heteroatoms. The van der Waals surface area contributed by atoms with E-state index in [1.807, 2.05) is 43.4 Å². The molecule has 21 heavy (non-hydrogen) atoms. The number of halogens is 1. The molecule has 1 heterocycles. The summed E-state index contributed by atoms with van der Waals surface area (Å²) >= 11 is 5.90. The van der Waals surface area contributed by atoms with Crippen LogP contribution >= 0.6 is 11.6 Å². The maximum Gasteiger partial charge on any atom is 0.193 e. The van der Waals surface area contributed by atoms with Crippen molar-refractivity contribution in [2.75, 3.05) is 20.6 Å². The lowest BCUT2D eigenvalue weighted by Crippen LogP contribution is -2.39. The molecule has 2 aromatic rings. The summed E-state index contributed by atoms with van der Waals surface area (Å²) in [5, 5.41) is 4.08. The van der Waals surface area contributed by atoms with E-state index in [4.69, 9.17) is 16.0 Å². The second-order valence-electron chi connectivity index (χ2n) is 4.79. The molecule has 1 aromatic heterocycles. The summed E-state index contributed by atoms with van der Waals surface area (Å²) in [7, 11) is 3.80. The third-order valence-corrected chi connectivity index (χ3v) is 3.39. The summed E-state index contributed by atoms with van der Waals surface area (Å²) in [6.07, 6.45) is 2.53. The average molecular weight is 306 g/mol. The van der Waals surface area contributed by atoms with E-state index in [9.17, 15) is 0 Å². The van der Waals surface area contributed by atoms with E-state index in [0.29, 0.717) is 0 Å². The molecule has 2 rings (SSSR count). The molecule has 0 saturated carbocycles. The van der Waals surface area contributed by atoms with Gasteiger partial charge in [0, 0.05) is 38.6 Å². The number of rotatable bonds is 5. The highest BCUT2D eigenvalue weighted by atomic mass is 35.5. The molecule has 0 atom stereocenters. The maximum absolute atomic E-state index is 5.90. The van der Waals surface area contributed by atoms with Crippen LogP contribution in [-0.2, 0) is 13.0 Å². The minimum atomic E-state index is 0.752. The molecule has 0 fully saturated rings. The van der Waals surface area contributed by atoms with E-state index in [-0.39, 0.29) is 0 Å². The van der Waals surface area contributed by atoms with Crippen LogP contribution in [0, 0.1) is 0 Å². The van der Waals surface area contributed by atoms with Crippen molar-refractivity contribution in [2.24, 2.45) is 4.99 Å². The Balaban J connectivity index is 1.83. The van der Waals surface area contributed by atoms with Crippen LogP contribution in [0.4, 0.5) is 0 Å². The molecular weight excluding hydrogens is 286 g/mol. The minimum absolute atomic E-state index is 0.752. The number of guanidine groups is 1. The van der Waals surface area contributed by atoms with Crippen molar-refractivity contribution in [3.8, 4) is 0 Å². The first kappa shape index (κ1) is 15.4. The van der Waals surface area contributed by atoms with Crippen molar-refractivity contribution in [2.45, 2.75) is 13.0 Å². The zero-order chi connectivity index (χ0) is 15.1. The van der Waals surface area contributed by atoms with Gasteiger partial charge in [-0.2, -0.15) is 0 Å². The van der Waals surface area contributed by atoms with Gasteiger partial charge in [0.15, 0.2) is 5.96 Å². The molecule has 112 valence electrons. The average Bonchev–Trinajstić information content (AvgIpc) is 2.99. The molecular formula is C16H20ClN3O. The van der Waals surface area contributed by atoms with Crippen molar-refractivity contribution in [1.29, 1.82) is 0 Å². The Morgan fingerprint density at radius 1 is 1.29 bits per heavy atom. The number of hydrogen-bond acceptors (Lipinski definition) is 2. The standard InChI is InChI=1S/C16H20ClN3O/c1-18-16(19-10-9-15-4-3-11-21-15)20(2)12-13-5-7-14(17)8-6-13/h3-8,11H,9-10,12H2,1-2H3,(H,18,19). The van der Waals surface area contributed by atoms with Gasteiger partial charge in [-0.3, -0.25) is 4.99 Å². The van der Waals surface area contributed by atoms with Gasteiger partial charge in [0.2, 0.25) is 0 Å². The Kier molecular flexibility index (Phi) is 5.69. The molecule has 0 spiro atoms. The Morgan fingerprint density at radius 3 is 2.67 bits per heavy atom. The number of hydrogen-bond donors (Lipinski definition) is 1. The predicted molar refractivity (Wildman–Crippen MR) is 86.7 cm³/mol. The molecule has 4 nitrogen and oxygen atoms in total. The van der Waals surface area contributed by atoms with E-state index in [0.717, 1.165) is 36.3 Å². The molecule has 0 unspecified atom stereocenters. The van der Waals surface area contributed by atoms with Crippen molar-refractivity contribution in [1.82, 2.24) is 10.2 Å². The molecule has 0 aliphatic carbocycles. The number of nitrogens with one attached hydrogen (secondary N) is 1. The van der Waals surface area contributed by atoms with Crippen LogP contribution in [0.2, 0.25) is 5.02 Å². The van der Waals surface area contributed by atoms with E-state index in [1.54, 1.807) is 13.3 Å². The second kappa shape index (κ2) is 7.74. The molecule has 0 aliphatic rings. The lowest BCUT2D eigenvalue weighted by Gasteiger charge is -2.22. The van der Waals surface area contributed by atoms with Gasteiger partial charge in [-0.05, 0) is 29.8 Å². The lowest BCUT2D eigenvalue weighted by molar-refractivity contribution is 0.470. The molecule has 1 aromatic carbocycles. The summed E-state index contributed by atoms with van der Waals surface area (Å²) in [4.78, 5) is 6.37. The van der Waals surface area contributed by atoms with Crippen LogP contribution in [0.3, 0.4) is 0 Å². The monoisotopic (exact) mass is 305 g/mol.